The summed E-state index contributed by atoms with van der Waals surface area (Å²) in [5.41, 5.74) is -1.80. The highest BCUT2D eigenvalue weighted by molar-refractivity contribution is 6.74. The maximum absolute atomic E-state index is 11.7. The van der Waals surface area contributed by atoms with E-state index in [0.29, 0.717) is 0 Å². The fourth-order valence-electron chi connectivity index (χ4n) is 1.99. The smallest absolute Gasteiger partial charge is 0.408 e. The van der Waals surface area contributed by atoms with Crippen LogP contribution in [0.4, 0.5) is 4.79 Å². The average Bonchev–Trinajstić information content (AvgIpc) is 2.17. The van der Waals surface area contributed by atoms with Gasteiger partial charge in [-0.25, -0.2) is 4.79 Å². The van der Waals surface area contributed by atoms with Crippen LogP contribution in [0.3, 0.4) is 0 Å². The van der Waals surface area contributed by atoms with Crippen LogP contribution in [0.25, 0.3) is 0 Å². The zero-order valence-corrected chi connectivity index (χ0v) is 16.9. The van der Waals surface area contributed by atoms with Gasteiger partial charge in [-0.1, -0.05) is 20.8 Å². The van der Waals surface area contributed by atoms with E-state index in [9.17, 15) is 15.0 Å². The van der Waals surface area contributed by atoms with E-state index in [1.807, 2.05) is 20.8 Å². The SMILES string of the molecule is CC(C)(O)C(CO[Si](C)(C)C(C)(C)C)N(C(=O)O)C(C)(C)C. The van der Waals surface area contributed by atoms with Gasteiger partial charge in [0.2, 0.25) is 0 Å². The number of amides is 1. The molecule has 2 N–H and O–H groups in total. The van der Waals surface area contributed by atoms with Crippen LogP contribution in [0, 0.1) is 0 Å². The van der Waals surface area contributed by atoms with E-state index in [0.717, 1.165) is 0 Å². The average molecular weight is 334 g/mol. The number of hydrogen-bond donors (Lipinski definition) is 2. The Bertz CT molecular complexity index is 388. The molecule has 0 aliphatic rings. The van der Waals surface area contributed by atoms with E-state index in [1.54, 1.807) is 13.8 Å². The van der Waals surface area contributed by atoms with Gasteiger partial charge in [-0.3, -0.25) is 4.90 Å². The first-order valence-corrected chi connectivity index (χ1v) is 10.7. The van der Waals surface area contributed by atoms with Gasteiger partial charge in [0.05, 0.1) is 18.2 Å². The lowest BCUT2D eigenvalue weighted by Gasteiger charge is -2.46. The molecule has 0 fully saturated rings. The Hall–Kier alpha value is -0.593. The van der Waals surface area contributed by atoms with Crippen molar-refractivity contribution in [2.75, 3.05) is 6.61 Å². The third-order valence-corrected chi connectivity index (χ3v) is 8.96. The van der Waals surface area contributed by atoms with Gasteiger partial charge < -0.3 is 14.6 Å². The minimum atomic E-state index is -2.02. The van der Waals surface area contributed by atoms with Crippen molar-refractivity contribution < 1.29 is 19.4 Å². The van der Waals surface area contributed by atoms with Gasteiger partial charge in [-0.15, -0.1) is 0 Å². The molecular formula is C16H35NO4Si. The topological polar surface area (TPSA) is 70.0 Å². The maximum Gasteiger partial charge on any atom is 0.408 e. The summed E-state index contributed by atoms with van der Waals surface area (Å²) >= 11 is 0. The molecule has 0 rings (SSSR count). The van der Waals surface area contributed by atoms with E-state index >= 15 is 0 Å². The second kappa shape index (κ2) is 6.49. The van der Waals surface area contributed by atoms with Crippen molar-refractivity contribution in [1.29, 1.82) is 0 Å². The van der Waals surface area contributed by atoms with E-state index in [2.05, 4.69) is 33.9 Å². The van der Waals surface area contributed by atoms with Gasteiger partial charge in [-0.2, -0.15) is 0 Å². The van der Waals surface area contributed by atoms with Crippen molar-refractivity contribution in [2.24, 2.45) is 0 Å². The molecule has 6 heteroatoms. The van der Waals surface area contributed by atoms with Crippen molar-refractivity contribution >= 4 is 14.4 Å². The normalized spacial score (nSPS) is 15.6. The summed E-state index contributed by atoms with van der Waals surface area (Å²) < 4.78 is 6.18. The summed E-state index contributed by atoms with van der Waals surface area (Å²) in [6.07, 6.45) is -1.04. The molecule has 0 aliphatic heterocycles. The van der Waals surface area contributed by atoms with Crippen LogP contribution in [0.2, 0.25) is 18.1 Å². The zero-order chi connectivity index (χ0) is 18.1. The predicted octanol–water partition coefficient (Wildman–Crippen LogP) is 3.93. The van der Waals surface area contributed by atoms with Crippen molar-refractivity contribution in [1.82, 2.24) is 4.90 Å². The molecule has 0 heterocycles. The number of rotatable bonds is 5. The molecule has 0 spiro atoms. The molecule has 1 unspecified atom stereocenters. The Labute approximate surface area is 136 Å². The zero-order valence-electron chi connectivity index (χ0n) is 15.9. The monoisotopic (exact) mass is 333 g/mol. The standard InChI is InChI=1S/C16H35NO4Si/c1-14(2,3)17(13(18)19)12(16(7,8)20)11-21-22(9,10)15(4,5)6/h12,20H,11H2,1-10H3,(H,18,19). The molecule has 0 aromatic heterocycles. The van der Waals surface area contributed by atoms with Gasteiger partial charge >= 0.3 is 6.09 Å². The first-order valence-electron chi connectivity index (χ1n) is 7.80. The highest BCUT2D eigenvalue weighted by Crippen LogP contribution is 2.37. The van der Waals surface area contributed by atoms with Crippen molar-refractivity contribution in [3.05, 3.63) is 0 Å². The highest BCUT2D eigenvalue weighted by atomic mass is 28.4. The van der Waals surface area contributed by atoms with Crippen LogP contribution in [-0.4, -0.2) is 53.3 Å². The first-order chi connectivity index (χ1) is 9.41. The summed E-state index contributed by atoms with van der Waals surface area (Å²) in [7, 11) is -2.02. The van der Waals surface area contributed by atoms with Crippen molar-refractivity contribution in [3.8, 4) is 0 Å². The third kappa shape index (κ3) is 5.55. The second-order valence-corrected chi connectivity index (χ2v) is 13.9. The number of hydrogen-bond acceptors (Lipinski definition) is 3. The Morgan fingerprint density at radius 3 is 1.73 bits per heavy atom. The maximum atomic E-state index is 11.7. The number of aliphatic hydroxyl groups is 1. The van der Waals surface area contributed by atoms with Gasteiger partial charge in [0, 0.05) is 5.54 Å². The quantitative estimate of drug-likeness (QED) is 0.748. The Morgan fingerprint density at radius 2 is 1.50 bits per heavy atom. The van der Waals surface area contributed by atoms with E-state index in [1.165, 1.54) is 4.90 Å². The molecule has 5 nitrogen and oxygen atoms in total. The fourth-order valence-corrected chi connectivity index (χ4v) is 2.99. The minimum absolute atomic E-state index is 0.0347. The van der Waals surface area contributed by atoms with Crippen LogP contribution in [0.1, 0.15) is 55.4 Å². The van der Waals surface area contributed by atoms with Crippen LogP contribution < -0.4 is 0 Å². The first kappa shape index (κ1) is 21.4. The second-order valence-electron chi connectivity index (χ2n) is 9.06. The number of carbonyl (C=O) groups is 1. The molecule has 0 aliphatic carbocycles. The van der Waals surface area contributed by atoms with Crippen LogP contribution in [-0.2, 0) is 4.43 Å². The van der Waals surface area contributed by atoms with Crippen LogP contribution in [0.15, 0.2) is 0 Å². The summed E-state index contributed by atoms with van der Waals surface area (Å²) in [4.78, 5) is 13.0. The lowest BCUT2D eigenvalue weighted by molar-refractivity contribution is -0.0594. The Kier molecular flexibility index (Phi) is 6.32. The van der Waals surface area contributed by atoms with E-state index in [4.69, 9.17) is 4.43 Å². The van der Waals surface area contributed by atoms with E-state index in [-0.39, 0.29) is 11.6 Å². The minimum Gasteiger partial charge on any atom is -0.465 e. The summed E-state index contributed by atoms with van der Waals surface area (Å²) in [5.74, 6) is 0. The molecule has 132 valence electrons. The summed E-state index contributed by atoms with van der Waals surface area (Å²) in [6.45, 7) is 19.6. The Balaban J connectivity index is 5.47. The molecular weight excluding hydrogens is 298 g/mol. The molecule has 1 atom stereocenters. The molecule has 22 heavy (non-hydrogen) atoms. The van der Waals surface area contributed by atoms with Gasteiger partial charge in [0.1, 0.15) is 0 Å². The van der Waals surface area contributed by atoms with E-state index < -0.39 is 31.6 Å². The van der Waals surface area contributed by atoms with Crippen LogP contribution >= 0.6 is 0 Å². The molecule has 0 bridgehead atoms. The molecule has 0 aromatic rings. The molecule has 0 radical (unpaired) electrons. The summed E-state index contributed by atoms with van der Waals surface area (Å²) in [5, 5.41) is 20.1. The molecule has 0 aromatic carbocycles. The lowest BCUT2D eigenvalue weighted by atomic mass is 9.93. The predicted molar refractivity (Wildman–Crippen MR) is 92.9 cm³/mol. The van der Waals surface area contributed by atoms with Crippen LogP contribution in [0.5, 0.6) is 0 Å². The molecule has 1 amide bonds. The lowest BCUT2D eigenvalue weighted by Crippen LogP contribution is -2.61. The fraction of sp³-hybridized carbons (Fsp3) is 0.938. The van der Waals surface area contributed by atoms with Crippen molar-refractivity contribution in [3.63, 3.8) is 0 Å². The van der Waals surface area contributed by atoms with Gasteiger partial charge in [0.25, 0.3) is 0 Å². The Morgan fingerprint density at radius 1 is 1.09 bits per heavy atom. The largest absolute Gasteiger partial charge is 0.465 e. The van der Waals surface area contributed by atoms with Gasteiger partial charge in [0.15, 0.2) is 8.32 Å². The number of nitrogens with zero attached hydrogens (tertiary/aromatic N) is 1. The highest BCUT2D eigenvalue weighted by Gasteiger charge is 2.44. The summed E-state index contributed by atoms with van der Waals surface area (Å²) in [6, 6.07) is -0.626. The third-order valence-electron chi connectivity index (χ3n) is 4.46. The van der Waals surface area contributed by atoms with Crippen molar-refractivity contribution in [2.45, 2.75) is 90.7 Å². The van der Waals surface area contributed by atoms with Gasteiger partial charge in [-0.05, 0) is 52.8 Å². The number of carboxylic acid groups (broad SMARTS) is 1. The molecule has 0 saturated heterocycles. The molecule has 0 saturated carbocycles.